The van der Waals surface area contributed by atoms with Crippen LogP contribution in [0.4, 0.5) is 8.78 Å². The Balaban J connectivity index is 1.50. The highest BCUT2D eigenvalue weighted by molar-refractivity contribution is 5.29. The van der Waals surface area contributed by atoms with Crippen molar-refractivity contribution in [3.8, 4) is 0 Å². The summed E-state index contributed by atoms with van der Waals surface area (Å²) in [6, 6.07) is 8.94. The maximum atomic E-state index is 13.9. The molecule has 0 N–H and O–H groups in total. The summed E-state index contributed by atoms with van der Waals surface area (Å²) in [7, 11) is 0. The number of hydrogen-bond donors (Lipinski definition) is 0. The molecule has 0 aliphatic carbocycles. The zero-order valence-electron chi connectivity index (χ0n) is 14.7. The van der Waals surface area contributed by atoms with Gasteiger partial charge in [0.05, 0.1) is 0 Å². The molecule has 0 radical (unpaired) electrons. The average Bonchev–Trinajstić information content (AvgIpc) is 3.04. The zero-order chi connectivity index (χ0) is 17.7. The van der Waals surface area contributed by atoms with Gasteiger partial charge in [0.1, 0.15) is 11.6 Å². The van der Waals surface area contributed by atoms with Gasteiger partial charge in [-0.05, 0) is 61.2 Å². The molecular weight excluding hydrogens is 332 g/mol. The van der Waals surface area contributed by atoms with E-state index in [4.69, 9.17) is 0 Å². The highest BCUT2D eigenvalue weighted by atomic mass is 19.1. The van der Waals surface area contributed by atoms with Crippen LogP contribution in [0.3, 0.4) is 0 Å². The average molecular weight is 355 g/mol. The lowest BCUT2D eigenvalue weighted by Crippen LogP contribution is -2.60. The molecule has 0 unspecified atom stereocenters. The van der Waals surface area contributed by atoms with Gasteiger partial charge in [0, 0.05) is 49.6 Å². The van der Waals surface area contributed by atoms with E-state index < -0.39 is 11.6 Å². The maximum Gasteiger partial charge on any atom is 0.126 e. The van der Waals surface area contributed by atoms with Crippen LogP contribution in [0.5, 0.6) is 0 Å². The van der Waals surface area contributed by atoms with Gasteiger partial charge in [0.15, 0.2) is 0 Å². The molecular formula is C21H23F2N3. The molecule has 4 saturated heterocycles. The molecule has 1 aromatic carbocycles. The molecule has 2 bridgehead atoms. The summed E-state index contributed by atoms with van der Waals surface area (Å²) in [5.74, 6) is -0.105. The van der Waals surface area contributed by atoms with Crippen LogP contribution in [0.25, 0.3) is 0 Å². The van der Waals surface area contributed by atoms with Crippen molar-refractivity contribution in [2.45, 2.75) is 37.4 Å². The largest absolute Gasteiger partial charge is 0.298 e. The molecule has 136 valence electrons. The van der Waals surface area contributed by atoms with Crippen molar-refractivity contribution in [3.05, 3.63) is 65.5 Å². The predicted octanol–water partition coefficient (Wildman–Crippen LogP) is 3.42. The number of halogens is 2. The number of benzene rings is 1. The van der Waals surface area contributed by atoms with Crippen LogP contribution in [-0.2, 0) is 6.54 Å². The molecule has 3 nitrogen and oxygen atoms in total. The number of pyridine rings is 1. The number of fused-ring (bicyclic) bond motifs is 2. The molecule has 4 fully saturated rings. The minimum Gasteiger partial charge on any atom is -0.298 e. The van der Waals surface area contributed by atoms with Crippen LogP contribution >= 0.6 is 0 Å². The van der Waals surface area contributed by atoms with Crippen molar-refractivity contribution in [2.24, 2.45) is 5.92 Å². The Hall–Kier alpha value is -1.85. The molecule has 5 heteroatoms. The Bertz CT molecular complexity index is 769. The Morgan fingerprint density at radius 2 is 1.81 bits per heavy atom. The van der Waals surface area contributed by atoms with Crippen molar-refractivity contribution in [1.29, 1.82) is 0 Å². The van der Waals surface area contributed by atoms with Gasteiger partial charge in [-0.3, -0.25) is 14.8 Å². The van der Waals surface area contributed by atoms with Crippen molar-refractivity contribution < 1.29 is 8.78 Å². The second-order valence-corrected chi connectivity index (χ2v) is 7.95. The molecule has 3 atom stereocenters. The van der Waals surface area contributed by atoms with E-state index in [1.807, 2.05) is 12.3 Å². The van der Waals surface area contributed by atoms with Gasteiger partial charge in [-0.1, -0.05) is 6.07 Å². The Morgan fingerprint density at radius 1 is 1.04 bits per heavy atom. The minimum absolute atomic E-state index is 0.157. The Morgan fingerprint density at radius 3 is 2.50 bits per heavy atom. The molecule has 5 heterocycles. The molecule has 0 saturated carbocycles. The lowest BCUT2D eigenvalue weighted by Gasteiger charge is -2.51. The zero-order valence-corrected chi connectivity index (χ0v) is 14.7. The highest BCUT2D eigenvalue weighted by Gasteiger charge is 2.53. The summed E-state index contributed by atoms with van der Waals surface area (Å²) < 4.78 is 27.7. The number of likely N-dealkylation sites (tertiary alicyclic amines) is 1. The van der Waals surface area contributed by atoms with Crippen LogP contribution < -0.4 is 0 Å². The first-order valence-electron chi connectivity index (χ1n) is 9.52. The van der Waals surface area contributed by atoms with Crippen molar-refractivity contribution in [1.82, 2.24) is 14.8 Å². The van der Waals surface area contributed by atoms with Crippen molar-refractivity contribution >= 4 is 0 Å². The molecule has 4 aliphatic heterocycles. The number of piperidine rings is 3. The van der Waals surface area contributed by atoms with E-state index in [2.05, 4.69) is 20.9 Å². The van der Waals surface area contributed by atoms with E-state index in [1.165, 1.54) is 30.5 Å². The summed E-state index contributed by atoms with van der Waals surface area (Å²) in [5.41, 5.74) is 2.01. The first-order chi connectivity index (χ1) is 12.7. The van der Waals surface area contributed by atoms with Gasteiger partial charge in [-0.25, -0.2) is 8.78 Å². The molecule has 0 amide bonds. The third-order valence-corrected chi connectivity index (χ3v) is 6.52. The van der Waals surface area contributed by atoms with Gasteiger partial charge in [-0.15, -0.1) is 0 Å². The van der Waals surface area contributed by atoms with Gasteiger partial charge < -0.3 is 0 Å². The fraction of sp³-hybridized carbons (Fsp3) is 0.476. The van der Waals surface area contributed by atoms with E-state index in [-0.39, 0.29) is 5.92 Å². The third kappa shape index (κ3) is 2.74. The Labute approximate surface area is 152 Å². The number of nitrogens with zero attached hydrogens (tertiary/aromatic N) is 3. The fourth-order valence-electron chi connectivity index (χ4n) is 5.53. The molecule has 1 aromatic heterocycles. The number of aromatic nitrogens is 1. The van der Waals surface area contributed by atoms with Crippen LogP contribution in [0, 0.1) is 17.6 Å². The summed E-state index contributed by atoms with van der Waals surface area (Å²) in [6.45, 7) is 3.93. The molecule has 26 heavy (non-hydrogen) atoms. The summed E-state index contributed by atoms with van der Waals surface area (Å²) in [4.78, 5) is 9.33. The Kier molecular flexibility index (Phi) is 4.02. The normalized spacial score (nSPS) is 33.4. The first-order valence-corrected chi connectivity index (χ1v) is 9.52. The van der Waals surface area contributed by atoms with Gasteiger partial charge in [0.2, 0.25) is 0 Å². The number of hydrogen-bond acceptors (Lipinski definition) is 3. The summed E-state index contributed by atoms with van der Waals surface area (Å²) in [5, 5.41) is 0. The molecule has 6 rings (SSSR count). The van der Waals surface area contributed by atoms with Crippen LogP contribution in [0.1, 0.15) is 29.9 Å². The summed E-state index contributed by atoms with van der Waals surface area (Å²) in [6.07, 6.45) is 6.18. The van der Waals surface area contributed by atoms with Crippen LogP contribution in [0.2, 0.25) is 0 Å². The van der Waals surface area contributed by atoms with Crippen LogP contribution in [-0.4, -0.2) is 46.5 Å². The maximum absolute atomic E-state index is 13.9. The number of rotatable bonds is 3. The second kappa shape index (κ2) is 6.39. The van der Waals surface area contributed by atoms with Gasteiger partial charge >= 0.3 is 0 Å². The molecule has 2 aromatic rings. The van der Waals surface area contributed by atoms with E-state index in [1.54, 1.807) is 6.20 Å². The third-order valence-electron chi connectivity index (χ3n) is 6.52. The summed E-state index contributed by atoms with van der Waals surface area (Å²) >= 11 is 0. The van der Waals surface area contributed by atoms with Crippen LogP contribution in [0.15, 0.2) is 42.7 Å². The highest BCUT2D eigenvalue weighted by Crippen LogP contribution is 2.47. The predicted molar refractivity (Wildman–Crippen MR) is 95.6 cm³/mol. The second-order valence-electron chi connectivity index (χ2n) is 7.95. The lowest BCUT2D eigenvalue weighted by molar-refractivity contribution is -0.00873. The SMILES string of the molecule is Fc1cc(F)cc([C@@H]2CN(Cc3cccnc3)[C@H]3C4CCN(CC4)[C@@H]23)c1. The first kappa shape index (κ1) is 16.3. The van der Waals surface area contributed by atoms with Crippen molar-refractivity contribution in [2.75, 3.05) is 19.6 Å². The van der Waals surface area contributed by atoms with Gasteiger partial charge in [0.25, 0.3) is 0 Å². The molecule has 4 aliphatic rings. The minimum atomic E-state index is -0.474. The van der Waals surface area contributed by atoms with Crippen molar-refractivity contribution in [3.63, 3.8) is 0 Å². The monoisotopic (exact) mass is 355 g/mol. The van der Waals surface area contributed by atoms with E-state index in [0.717, 1.165) is 37.8 Å². The van der Waals surface area contributed by atoms with Gasteiger partial charge in [-0.2, -0.15) is 0 Å². The standard InChI is InChI=1S/C21H23F2N3/c22-17-8-16(9-18(23)10-17)19-13-26(12-14-2-1-5-24-11-14)20-15-3-6-25(7-4-15)21(19)20/h1-2,5,8-11,15,19-21H,3-4,6-7,12-13H2/t19-,20-,21-/m0/s1. The fourth-order valence-corrected chi connectivity index (χ4v) is 5.53. The quantitative estimate of drug-likeness (QED) is 0.841. The molecule has 0 spiro atoms. The lowest BCUT2D eigenvalue weighted by atomic mass is 9.75. The smallest absolute Gasteiger partial charge is 0.126 e. The van der Waals surface area contributed by atoms with E-state index in [9.17, 15) is 8.78 Å². The topological polar surface area (TPSA) is 19.4 Å². The van der Waals surface area contributed by atoms with E-state index in [0.29, 0.717) is 18.0 Å². The van der Waals surface area contributed by atoms with E-state index >= 15 is 0 Å².